The molecule has 0 bridgehead atoms. The Hall–Kier alpha value is -2.41. The monoisotopic (exact) mass is 374 g/mol. The van der Waals surface area contributed by atoms with Crippen molar-refractivity contribution in [2.24, 2.45) is 5.92 Å². The summed E-state index contributed by atoms with van der Waals surface area (Å²) in [5, 5.41) is 14.7. The summed E-state index contributed by atoms with van der Waals surface area (Å²) < 4.78 is 5.25. The van der Waals surface area contributed by atoms with Gasteiger partial charge in [0, 0.05) is 18.2 Å². The number of carboxylic acids is 1. The van der Waals surface area contributed by atoms with E-state index in [2.05, 4.69) is 10.6 Å². The van der Waals surface area contributed by atoms with Crippen LogP contribution in [0.4, 0.5) is 5.69 Å². The topological polar surface area (TPSA) is 105 Å². The molecule has 3 rings (SSSR count). The van der Waals surface area contributed by atoms with Crippen molar-refractivity contribution >= 4 is 23.5 Å². The lowest BCUT2D eigenvalue weighted by Gasteiger charge is -2.21. The minimum atomic E-state index is -1.04. The van der Waals surface area contributed by atoms with Gasteiger partial charge in [0.25, 0.3) is 0 Å². The van der Waals surface area contributed by atoms with Crippen molar-refractivity contribution in [1.29, 1.82) is 0 Å². The second kappa shape index (κ2) is 8.99. The lowest BCUT2D eigenvalue weighted by Crippen LogP contribution is -2.35. The number of hydrogen-bond donors (Lipinski definition) is 3. The summed E-state index contributed by atoms with van der Waals surface area (Å²) in [6.07, 6.45) is 4.43. The van der Waals surface area contributed by atoms with Crippen LogP contribution in [0.5, 0.6) is 0 Å². The second-order valence-corrected chi connectivity index (χ2v) is 7.27. The Bertz CT molecular complexity index is 699. The smallest absolute Gasteiger partial charge is 0.332 e. The molecule has 0 radical (unpaired) electrons. The SMILES string of the molecule is O=C(Nc1cccc(CNC(=O)[C@@H]2CC[C@H](C(=O)O)O2)c1)C1CCCCC1. The predicted octanol–water partition coefficient (Wildman–Crippen LogP) is 2.45. The van der Waals surface area contributed by atoms with Crippen molar-refractivity contribution in [3.63, 3.8) is 0 Å². The number of aliphatic carboxylic acids is 1. The first kappa shape index (κ1) is 19.4. The quantitative estimate of drug-likeness (QED) is 0.709. The summed E-state index contributed by atoms with van der Waals surface area (Å²) in [7, 11) is 0. The van der Waals surface area contributed by atoms with Gasteiger partial charge in [0.05, 0.1) is 0 Å². The standard InChI is InChI=1S/C20H26N2O5/c23-18(14-6-2-1-3-7-14)22-15-8-4-5-13(11-15)12-21-19(24)16-9-10-17(27-16)20(25)26/h4-5,8,11,14,16-17H,1-3,6-7,9-10,12H2,(H,21,24)(H,22,23)(H,25,26)/t16-,17+/m0/s1. The summed E-state index contributed by atoms with van der Waals surface area (Å²) in [5.74, 6) is -1.19. The molecule has 1 aliphatic heterocycles. The molecule has 2 aliphatic rings. The zero-order valence-electron chi connectivity index (χ0n) is 15.3. The molecule has 0 unspecified atom stereocenters. The molecule has 1 heterocycles. The fourth-order valence-electron chi connectivity index (χ4n) is 3.68. The van der Waals surface area contributed by atoms with E-state index in [1.54, 1.807) is 0 Å². The Morgan fingerprint density at radius 2 is 1.74 bits per heavy atom. The molecule has 146 valence electrons. The van der Waals surface area contributed by atoms with Gasteiger partial charge in [0.1, 0.15) is 6.10 Å². The highest BCUT2D eigenvalue weighted by Crippen LogP contribution is 2.25. The molecule has 1 aromatic carbocycles. The van der Waals surface area contributed by atoms with E-state index in [1.807, 2.05) is 24.3 Å². The molecule has 1 aromatic rings. The highest BCUT2D eigenvalue weighted by Gasteiger charge is 2.34. The molecule has 2 atom stereocenters. The molecule has 2 amide bonds. The van der Waals surface area contributed by atoms with Gasteiger partial charge >= 0.3 is 5.97 Å². The van der Waals surface area contributed by atoms with E-state index in [0.717, 1.165) is 36.9 Å². The highest BCUT2D eigenvalue weighted by atomic mass is 16.5. The summed E-state index contributed by atoms with van der Waals surface area (Å²) >= 11 is 0. The summed E-state index contributed by atoms with van der Waals surface area (Å²) in [4.78, 5) is 35.4. The molecule has 27 heavy (non-hydrogen) atoms. The van der Waals surface area contributed by atoms with Gasteiger partial charge in [0.15, 0.2) is 6.10 Å². The largest absolute Gasteiger partial charge is 0.479 e. The second-order valence-electron chi connectivity index (χ2n) is 7.27. The molecule has 1 aliphatic carbocycles. The first-order chi connectivity index (χ1) is 13.0. The third kappa shape index (κ3) is 5.29. The van der Waals surface area contributed by atoms with Crippen LogP contribution in [-0.4, -0.2) is 35.1 Å². The number of rotatable bonds is 6. The zero-order valence-corrected chi connectivity index (χ0v) is 15.3. The minimum absolute atomic E-state index is 0.0648. The lowest BCUT2D eigenvalue weighted by atomic mass is 9.88. The predicted molar refractivity (Wildman–Crippen MR) is 99.0 cm³/mol. The van der Waals surface area contributed by atoms with Crippen molar-refractivity contribution < 1.29 is 24.2 Å². The number of carbonyl (C=O) groups is 3. The number of ether oxygens (including phenoxy) is 1. The number of carbonyl (C=O) groups excluding carboxylic acids is 2. The molecular weight excluding hydrogens is 348 g/mol. The number of nitrogens with one attached hydrogen (secondary N) is 2. The molecule has 3 N–H and O–H groups in total. The molecule has 7 heteroatoms. The van der Waals surface area contributed by atoms with Crippen LogP contribution in [0.2, 0.25) is 0 Å². The van der Waals surface area contributed by atoms with E-state index in [9.17, 15) is 14.4 Å². The van der Waals surface area contributed by atoms with Gasteiger partial charge in [0.2, 0.25) is 11.8 Å². The molecule has 7 nitrogen and oxygen atoms in total. The summed E-state index contributed by atoms with van der Waals surface area (Å²) in [6, 6.07) is 7.39. The number of benzene rings is 1. The van der Waals surface area contributed by atoms with Gasteiger partial charge in [-0.15, -0.1) is 0 Å². The Morgan fingerprint density at radius 1 is 1.00 bits per heavy atom. The Kier molecular flexibility index (Phi) is 6.45. The van der Waals surface area contributed by atoms with Crippen LogP contribution in [0.25, 0.3) is 0 Å². The minimum Gasteiger partial charge on any atom is -0.479 e. The van der Waals surface area contributed by atoms with Crippen molar-refractivity contribution in [2.45, 2.75) is 63.7 Å². The van der Waals surface area contributed by atoms with E-state index >= 15 is 0 Å². The fourth-order valence-corrected chi connectivity index (χ4v) is 3.68. The summed E-state index contributed by atoms with van der Waals surface area (Å²) in [5.41, 5.74) is 1.58. The van der Waals surface area contributed by atoms with Gasteiger partial charge in [-0.25, -0.2) is 4.79 Å². The van der Waals surface area contributed by atoms with Gasteiger partial charge in [-0.1, -0.05) is 31.4 Å². The van der Waals surface area contributed by atoms with Gasteiger partial charge in [-0.2, -0.15) is 0 Å². The van der Waals surface area contributed by atoms with Crippen molar-refractivity contribution in [3.05, 3.63) is 29.8 Å². The first-order valence-corrected chi connectivity index (χ1v) is 9.58. The van der Waals surface area contributed by atoms with Crippen LogP contribution >= 0.6 is 0 Å². The fraction of sp³-hybridized carbons (Fsp3) is 0.550. The Labute approximate surface area is 158 Å². The number of hydrogen-bond acceptors (Lipinski definition) is 4. The van der Waals surface area contributed by atoms with E-state index in [1.165, 1.54) is 6.42 Å². The van der Waals surface area contributed by atoms with Crippen LogP contribution in [0.1, 0.15) is 50.5 Å². The molecule has 1 saturated carbocycles. The number of amides is 2. The van der Waals surface area contributed by atoms with Crippen LogP contribution in [-0.2, 0) is 25.7 Å². The van der Waals surface area contributed by atoms with Crippen LogP contribution in [0, 0.1) is 5.92 Å². The normalized spacial score (nSPS) is 23.0. The molecule has 1 saturated heterocycles. The third-order valence-corrected chi connectivity index (χ3v) is 5.22. The lowest BCUT2D eigenvalue weighted by molar-refractivity contribution is -0.151. The molecular formula is C20H26N2O5. The van der Waals surface area contributed by atoms with E-state index in [-0.39, 0.29) is 17.7 Å². The van der Waals surface area contributed by atoms with Gasteiger partial charge in [-0.05, 0) is 43.4 Å². The van der Waals surface area contributed by atoms with Crippen LogP contribution < -0.4 is 10.6 Å². The Morgan fingerprint density at radius 3 is 2.44 bits per heavy atom. The van der Waals surface area contributed by atoms with E-state index in [0.29, 0.717) is 19.4 Å². The van der Waals surface area contributed by atoms with Crippen molar-refractivity contribution in [3.8, 4) is 0 Å². The Balaban J connectivity index is 1.49. The maximum atomic E-state index is 12.4. The maximum Gasteiger partial charge on any atom is 0.332 e. The molecule has 2 fully saturated rings. The van der Waals surface area contributed by atoms with E-state index in [4.69, 9.17) is 9.84 Å². The van der Waals surface area contributed by atoms with Crippen LogP contribution in [0.15, 0.2) is 24.3 Å². The van der Waals surface area contributed by atoms with Crippen molar-refractivity contribution in [1.82, 2.24) is 5.32 Å². The molecule has 0 aromatic heterocycles. The first-order valence-electron chi connectivity index (χ1n) is 9.58. The van der Waals surface area contributed by atoms with Crippen LogP contribution in [0.3, 0.4) is 0 Å². The maximum absolute atomic E-state index is 12.4. The zero-order chi connectivity index (χ0) is 19.2. The average Bonchev–Trinajstić information content (AvgIpc) is 3.18. The van der Waals surface area contributed by atoms with E-state index < -0.39 is 18.2 Å². The van der Waals surface area contributed by atoms with Gasteiger partial charge in [-0.3, -0.25) is 9.59 Å². The van der Waals surface area contributed by atoms with Gasteiger partial charge < -0.3 is 20.5 Å². The number of carboxylic acid groups (broad SMARTS) is 1. The average molecular weight is 374 g/mol. The highest BCUT2D eigenvalue weighted by molar-refractivity contribution is 5.92. The third-order valence-electron chi connectivity index (χ3n) is 5.22. The summed E-state index contributed by atoms with van der Waals surface area (Å²) in [6.45, 7) is 0.295. The van der Waals surface area contributed by atoms with Crippen molar-refractivity contribution in [2.75, 3.05) is 5.32 Å². The molecule has 0 spiro atoms. The number of anilines is 1.